The number of H-pyrrole nitrogens is 2. The van der Waals surface area contributed by atoms with Gasteiger partial charge in [-0.25, -0.2) is 0 Å². The molecule has 32 heavy (non-hydrogen) atoms. The van der Waals surface area contributed by atoms with Crippen LogP contribution in [0.3, 0.4) is 0 Å². The van der Waals surface area contributed by atoms with E-state index in [4.69, 9.17) is 23.2 Å². The third-order valence-corrected chi connectivity index (χ3v) is 6.49. The quantitative estimate of drug-likeness (QED) is 0.200. The lowest BCUT2D eigenvalue weighted by atomic mass is 10.2. The van der Waals surface area contributed by atoms with Gasteiger partial charge in [0, 0.05) is 54.0 Å². The zero-order valence-corrected chi connectivity index (χ0v) is 21.0. The van der Waals surface area contributed by atoms with Crippen molar-refractivity contribution < 1.29 is 0 Å². The lowest BCUT2D eigenvalue weighted by Crippen LogP contribution is -1.80. The molecule has 0 unspecified atom stereocenters. The van der Waals surface area contributed by atoms with Crippen molar-refractivity contribution in [2.24, 2.45) is 0 Å². The highest BCUT2D eigenvalue weighted by Gasteiger charge is 2.10. The highest BCUT2D eigenvalue weighted by molar-refractivity contribution is 9.10. The molecule has 0 saturated carbocycles. The van der Waals surface area contributed by atoms with Crippen LogP contribution in [0.4, 0.5) is 0 Å². The van der Waals surface area contributed by atoms with Crippen molar-refractivity contribution in [3.63, 3.8) is 0 Å². The average Bonchev–Trinajstić information content (AvgIpc) is 3.29. The Morgan fingerprint density at radius 1 is 0.688 bits per heavy atom. The molecule has 0 amide bonds. The summed E-state index contributed by atoms with van der Waals surface area (Å²) in [6.45, 7) is 3.99. The number of aryl methyl sites for hydroxylation is 2. The first-order chi connectivity index (χ1) is 14.9. The molecule has 6 rings (SSSR count). The van der Waals surface area contributed by atoms with Crippen LogP contribution in [0, 0.1) is 13.8 Å². The number of halogens is 4. The molecule has 162 valence electrons. The molecule has 8 heteroatoms. The fourth-order valence-corrected chi connectivity index (χ4v) is 5.00. The molecular formula is C24H18BrCl3N4. The lowest BCUT2D eigenvalue weighted by molar-refractivity contribution is 1.22. The van der Waals surface area contributed by atoms with E-state index in [-0.39, 0.29) is 12.4 Å². The summed E-state index contributed by atoms with van der Waals surface area (Å²) in [5, 5.41) is 6.11. The first-order valence-electron chi connectivity index (χ1n) is 9.67. The Kier molecular flexibility index (Phi) is 6.37. The highest BCUT2D eigenvalue weighted by Crippen LogP contribution is 2.33. The van der Waals surface area contributed by atoms with Gasteiger partial charge in [0.2, 0.25) is 0 Å². The van der Waals surface area contributed by atoms with Crippen molar-refractivity contribution >= 4 is 95.2 Å². The van der Waals surface area contributed by atoms with Gasteiger partial charge in [-0.1, -0.05) is 23.2 Å². The second-order valence-corrected chi connectivity index (χ2v) is 9.12. The second-order valence-electron chi connectivity index (χ2n) is 7.39. The van der Waals surface area contributed by atoms with Crippen molar-refractivity contribution in [1.82, 2.24) is 19.9 Å². The molecule has 6 aromatic rings. The topological polar surface area (TPSA) is 57.4 Å². The Morgan fingerprint density at radius 2 is 1.28 bits per heavy atom. The molecule has 4 heterocycles. The number of pyridine rings is 2. The first kappa shape index (κ1) is 22.9. The summed E-state index contributed by atoms with van der Waals surface area (Å²) >= 11 is 15.6. The average molecular weight is 549 g/mol. The minimum atomic E-state index is 0. The minimum absolute atomic E-state index is 0. The van der Waals surface area contributed by atoms with Crippen LogP contribution in [0.1, 0.15) is 11.4 Å². The van der Waals surface area contributed by atoms with Gasteiger partial charge in [0.1, 0.15) is 0 Å². The molecule has 0 spiro atoms. The van der Waals surface area contributed by atoms with Gasteiger partial charge >= 0.3 is 0 Å². The normalized spacial score (nSPS) is 11.0. The zero-order chi connectivity index (χ0) is 21.7. The van der Waals surface area contributed by atoms with Gasteiger partial charge in [0.15, 0.2) is 0 Å². The van der Waals surface area contributed by atoms with E-state index in [1.54, 1.807) is 0 Å². The van der Waals surface area contributed by atoms with Gasteiger partial charge in [-0.2, -0.15) is 0 Å². The van der Waals surface area contributed by atoms with Gasteiger partial charge in [-0.3, -0.25) is 9.97 Å². The molecule has 0 radical (unpaired) electrons. The van der Waals surface area contributed by atoms with Crippen LogP contribution >= 0.6 is 51.5 Å². The summed E-state index contributed by atoms with van der Waals surface area (Å²) in [4.78, 5) is 15.3. The Morgan fingerprint density at radius 3 is 1.97 bits per heavy atom. The standard InChI is InChI=1S/C12H8BrClN2.C12H9ClN2.ClH/c1-6-11-8(2-3-15-6)9-4-7(14)5-10(13)12(9)16-11;1-7-12-9(4-5-14-7)10-6-8(13)2-3-11(10)15-12;/h2-5,16H,1H3;2-6,15H,1H3;1H. The molecule has 0 aliphatic heterocycles. The number of nitrogens with zero attached hydrogens (tertiary/aromatic N) is 2. The maximum absolute atomic E-state index is 6.06. The molecular weight excluding hydrogens is 531 g/mol. The smallest absolute Gasteiger partial charge is 0.0681 e. The van der Waals surface area contributed by atoms with E-state index in [9.17, 15) is 0 Å². The molecule has 4 nitrogen and oxygen atoms in total. The molecule has 0 saturated heterocycles. The number of aromatic nitrogens is 4. The van der Waals surface area contributed by atoms with Gasteiger partial charge in [0.25, 0.3) is 0 Å². The van der Waals surface area contributed by atoms with E-state index in [1.807, 2.05) is 68.7 Å². The number of fused-ring (bicyclic) bond motifs is 6. The Bertz CT molecular complexity index is 1600. The number of hydrogen-bond donors (Lipinski definition) is 2. The predicted octanol–water partition coefficient (Wildman–Crippen LogP) is 8.54. The highest BCUT2D eigenvalue weighted by atomic mass is 79.9. The van der Waals surface area contributed by atoms with Gasteiger partial charge in [-0.05, 0) is 72.2 Å². The Balaban J connectivity index is 0.000000149. The summed E-state index contributed by atoms with van der Waals surface area (Å²) in [6.07, 6.45) is 3.64. The van der Waals surface area contributed by atoms with E-state index in [0.717, 1.165) is 64.1 Å². The van der Waals surface area contributed by atoms with Crippen molar-refractivity contribution in [2.45, 2.75) is 13.8 Å². The second kappa shape index (κ2) is 8.91. The summed E-state index contributed by atoms with van der Waals surface area (Å²) in [5.41, 5.74) is 6.34. The fourth-order valence-electron chi connectivity index (χ4n) is 3.92. The van der Waals surface area contributed by atoms with E-state index in [1.165, 1.54) is 5.39 Å². The van der Waals surface area contributed by atoms with Crippen molar-refractivity contribution in [2.75, 3.05) is 0 Å². The SMILES string of the molecule is Cc1nccc2c1[nH]c1c(Br)cc(Cl)cc12.Cc1nccc2c1[nH]c1ccc(Cl)cc12.Cl. The fraction of sp³-hybridized carbons (Fsp3) is 0.0833. The summed E-state index contributed by atoms with van der Waals surface area (Å²) < 4.78 is 0.977. The van der Waals surface area contributed by atoms with Crippen LogP contribution in [0.15, 0.2) is 59.3 Å². The van der Waals surface area contributed by atoms with Crippen LogP contribution in [0.2, 0.25) is 10.0 Å². The summed E-state index contributed by atoms with van der Waals surface area (Å²) in [5.74, 6) is 0. The zero-order valence-electron chi connectivity index (χ0n) is 17.1. The van der Waals surface area contributed by atoms with Crippen molar-refractivity contribution in [3.05, 3.63) is 80.8 Å². The molecule has 2 aromatic carbocycles. The largest absolute Gasteiger partial charge is 0.353 e. The van der Waals surface area contributed by atoms with Gasteiger partial charge in [0.05, 0.1) is 27.9 Å². The third-order valence-electron chi connectivity index (χ3n) is 5.41. The van der Waals surface area contributed by atoms with Gasteiger partial charge in [-0.15, -0.1) is 12.4 Å². The lowest BCUT2D eigenvalue weighted by Gasteiger charge is -1.95. The third kappa shape index (κ3) is 3.95. The predicted molar refractivity (Wildman–Crippen MR) is 142 cm³/mol. The maximum Gasteiger partial charge on any atom is 0.0681 e. The molecule has 0 atom stereocenters. The van der Waals surface area contributed by atoms with Crippen LogP contribution in [-0.2, 0) is 0 Å². The number of benzene rings is 2. The van der Waals surface area contributed by atoms with Crippen LogP contribution in [-0.4, -0.2) is 19.9 Å². The number of hydrogen-bond acceptors (Lipinski definition) is 2. The molecule has 0 fully saturated rings. The van der Waals surface area contributed by atoms with Crippen LogP contribution < -0.4 is 0 Å². The minimum Gasteiger partial charge on any atom is -0.353 e. The molecule has 0 aliphatic carbocycles. The van der Waals surface area contributed by atoms with Crippen molar-refractivity contribution in [3.8, 4) is 0 Å². The first-order valence-corrected chi connectivity index (χ1v) is 11.2. The Labute approximate surface area is 208 Å². The van der Waals surface area contributed by atoms with E-state index < -0.39 is 0 Å². The van der Waals surface area contributed by atoms with Crippen LogP contribution in [0.5, 0.6) is 0 Å². The number of rotatable bonds is 0. The number of aromatic amines is 2. The van der Waals surface area contributed by atoms with Crippen molar-refractivity contribution in [1.29, 1.82) is 0 Å². The molecule has 0 aliphatic rings. The van der Waals surface area contributed by atoms with Crippen LogP contribution in [0.25, 0.3) is 43.6 Å². The molecule has 2 N–H and O–H groups in total. The van der Waals surface area contributed by atoms with E-state index in [2.05, 4.69) is 35.9 Å². The van der Waals surface area contributed by atoms with E-state index >= 15 is 0 Å². The summed E-state index contributed by atoms with van der Waals surface area (Å²) in [6, 6.07) is 13.7. The van der Waals surface area contributed by atoms with Gasteiger partial charge < -0.3 is 9.97 Å². The maximum atomic E-state index is 6.06. The Hall–Kier alpha value is -2.31. The number of nitrogens with one attached hydrogen (secondary N) is 2. The molecule has 0 bridgehead atoms. The van der Waals surface area contributed by atoms with E-state index in [0.29, 0.717) is 0 Å². The molecule has 4 aromatic heterocycles. The summed E-state index contributed by atoms with van der Waals surface area (Å²) in [7, 11) is 0. The monoisotopic (exact) mass is 546 g/mol.